The van der Waals surface area contributed by atoms with Crippen LogP contribution in [0, 0.1) is 6.92 Å². The number of aryl methyl sites for hydroxylation is 1. The first-order chi connectivity index (χ1) is 15.0. The van der Waals surface area contributed by atoms with Crippen molar-refractivity contribution in [2.45, 2.75) is 13.0 Å². The molecule has 2 heterocycles. The Bertz CT molecular complexity index is 1180. The van der Waals surface area contributed by atoms with Gasteiger partial charge in [-0.1, -0.05) is 41.6 Å². The van der Waals surface area contributed by atoms with Crippen molar-refractivity contribution in [1.82, 2.24) is 5.16 Å². The molecule has 0 aliphatic carbocycles. The summed E-state index contributed by atoms with van der Waals surface area (Å²) in [5, 5.41) is 14.9. The molecule has 8 heteroatoms. The number of benzene rings is 2. The Morgan fingerprint density at radius 2 is 1.74 bits per heavy atom. The number of ether oxygens (including phenoxy) is 2. The molecule has 0 unspecified atom stereocenters. The van der Waals surface area contributed by atoms with E-state index in [0.717, 1.165) is 0 Å². The SMILES string of the molecule is COc1ccc([C@@H]2C(=C(O)c3ccccc3)C(=O)C(=O)N2c2cc(C)on2)cc1OC. The molecule has 8 nitrogen and oxygen atoms in total. The van der Waals surface area contributed by atoms with E-state index in [0.29, 0.717) is 28.4 Å². The third-order valence-electron chi connectivity index (χ3n) is 5.08. The predicted molar refractivity (Wildman–Crippen MR) is 112 cm³/mol. The molecule has 1 fully saturated rings. The van der Waals surface area contributed by atoms with Crippen molar-refractivity contribution in [2.24, 2.45) is 0 Å². The van der Waals surface area contributed by atoms with Gasteiger partial charge in [0.15, 0.2) is 17.3 Å². The molecule has 1 N–H and O–H groups in total. The van der Waals surface area contributed by atoms with E-state index in [1.165, 1.54) is 19.1 Å². The van der Waals surface area contributed by atoms with Crippen molar-refractivity contribution < 1.29 is 28.7 Å². The summed E-state index contributed by atoms with van der Waals surface area (Å²) in [7, 11) is 3.00. The van der Waals surface area contributed by atoms with Gasteiger partial charge < -0.3 is 19.1 Å². The lowest BCUT2D eigenvalue weighted by atomic mass is 9.95. The fourth-order valence-electron chi connectivity index (χ4n) is 3.63. The van der Waals surface area contributed by atoms with Crippen LogP contribution in [0.5, 0.6) is 11.5 Å². The van der Waals surface area contributed by atoms with Crippen LogP contribution in [0.15, 0.2) is 64.7 Å². The lowest BCUT2D eigenvalue weighted by Crippen LogP contribution is -2.29. The summed E-state index contributed by atoms with van der Waals surface area (Å²) in [6.45, 7) is 1.68. The zero-order valence-corrected chi connectivity index (χ0v) is 17.2. The fraction of sp³-hybridized carbons (Fsp3) is 0.174. The van der Waals surface area contributed by atoms with Crippen LogP contribution in [-0.2, 0) is 9.59 Å². The molecule has 1 amide bonds. The molecule has 1 atom stereocenters. The van der Waals surface area contributed by atoms with Gasteiger partial charge in [-0.25, -0.2) is 0 Å². The van der Waals surface area contributed by atoms with Gasteiger partial charge in [0.05, 0.1) is 25.8 Å². The Labute approximate surface area is 178 Å². The number of anilines is 1. The van der Waals surface area contributed by atoms with Crippen molar-refractivity contribution >= 4 is 23.3 Å². The van der Waals surface area contributed by atoms with Gasteiger partial charge in [0.1, 0.15) is 11.5 Å². The number of carbonyl (C=O) groups is 2. The number of amides is 1. The summed E-state index contributed by atoms with van der Waals surface area (Å²) in [4.78, 5) is 27.3. The number of aliphatic hydroxyl groups is 1. The molecular formula is C23H20N2O6. The van der Waals surface area contributed by atoms with Gasteiger partial charge in [-0.3, -0.25) is 14.5 Å². The first-order valence-corrected chi connectivity index (χ1v) is 9.48. The van der Waals surface area contributed by atoms with E-state index in [2.05, 4.69) is 5.16 Å². The first kappa shape index (κ1) is 20.2. The second kappa shape index (κ2) is 7.98. The van der Waals surface area contributed by atoms with Gasteiger partial charge in [0.2, 0.25) is 0 Å². The van der Waals surface area contributed by atoms with Gasteiger partial charge in [-0.15, -0.1) is 0 Å². The molecule has 0 bridgehead atoms. The van der Waals surface area contributed by atoms with E-state index < -0.39 is 17.7 Å². The number of hydrogen-bond donors (Lipinski definition) is 1. The summed E-state index contributed by atoms with van der Waals surface area (Å²) in [5.41, 5.74) is 0.904. The maximum absolute atomic E-state index is 13.0. The Kier molecular flexibility index (Phi) is 5.21. The highest BCUT2D eigenvalue weighted by Gasteiger charge is 2.48. The quantitative estimate of drug-likeness (QED) is 0.382. The Morgan fingerprint density at radius 3 is 2.35 bits per heavy atom. The monoisotopic (exact) mass is 420 g/mol. The zero-order chi connectivity index (χ0) is 22.1. The van der Waals surface area contributed by atoms with Crippen molar-refractivity contribution in [3.63, 3.8) is 0 Å². The topological polar surface area (TPSA) is 102 Å². The minimum absolute atomic E-state index is 0.0518. The molecule has 0 radical (unpaired) electrons. The number of nitrogens with zero attached hydrogens (tertiary/aromatic N) is 2. The largest absolute Gasteiger partial charge is 0.507 e. The molecule has 3 aromatic rings. The fourth-order valence-corrected chi connectivity index (χ4v) is 3.63. The van der Waals surface area contributed by atoms with Gasteiger partial charge in [0.25, 0.3) is 5.78 Å². The van der Waals surface area contributed by atoms with Gasteiger partial charge in [-0.2, -0.15) is 0 Å². The highest BCUT2D eigenvalue weighted by Crippen LogP contribution is 2.43. The number of rotatable bonds is 5. The number of methoxy groups -OCH3 is 2. The maximum atomic E-state index is 13.0. The lowest BCUT2D eigenvalue weighted by Gasteiger charge is -2.23. The molecule has 0 spiro atoms. The summed E-state index contributed by atoms with van der Waals surface area (Å²) in [6.07, 6.45) is 0. The molecule has 1 aliphatic rings. The molecule has 31 heavy (non-hydrogen) atoms. The Hall–Kier alpha value is -4.07. The van der Waals surface area contributed by atoms with Gasteiger partial charge >= 0.3 is 5.91 Å². The average molecular weight is 420 g/mol. The lowest BCUT2D eigenvalue weighted by molar-refractivity contribution is -0.132. The van der Waals surface area contributed by atoms with Crippen LogP contribution in [0.25, 0.3) is 5.76 Å². The number of hydrogen-bond acceptors (Lipinski definition) is 7. The first-order valence-electron chi connectivity index (χ1n) is 9.48. The van der Waals surface area contributed by atoms with Crippen molar-refractivity contribution in [3.8, 4) is 11.5 Å². The zero-order valence-electron chi connectivity index (χ0n) is 17.2. The standard InChI is InChI=1S/C23H20N2O6/c1-13-11-18(24-31-13)25-20(15-9-10-16(29-2)17(12-15)30-3)19(22(27)23(25)28)21(26)14-7-5-4-6-8-14/h4-12,20,26H,1-3H3/t20-/m1/s1. The van der Waals surface area contributed by atoms with Crippen molar-refractivity contribution in [3.05, 3.63) is 77.1 Å². The van der Waals surface area contributed by atoms with Crippen LogP contribution in [0.4, 0.5) is 5.82 Å². The highest BCUT2D eigenvalue weighted by molar-refractivity contribution is 6.51. The third kappa shape index (κ3) is 3.42. The highest BCUT2D eigenvalue weighted by atomic mass is 16.5. The number of Topliss-reactive ketones (excluding diaryl/α,β-unsaturated/α-hetero) is 1. The number of aliphatic hydroxyl groups excluding tert-OH is 1. The number of aromatic nitrogens is 1. The average Bonchev–Trinajstić information content (AvgIpc) is 3.34. The molecule has 1 aromatic heterocycles. The Morgan fingerprint density at radius 1 is 1.03 bits per heavy atom. The van der Waals surface area contributed by atoms with Crippen LogP contribution in [0.2, 0.25) is 0 Å². The molecule has 158 valence electrons. The molecule has 2 aromatic carbocycles. The molecular weight excluding hydrogens is 400 g/mol. The minimum atomic E-state index is -0.940. The van der Waals surface area contributed by atoms with E-state index >= 15 is 0 Å². The summed E-state index contributed by atoms with van der Waals surface area (Å²) in [5.74, 6) is -0.350. The van der Waals surface area contributed by atoms with E-state index in [9.17, 15) is 14.7 Å². The minimum Gasteiger partial charge on any atom is -0.507 e. The summed E-state index contributed by atoms with van der Waals surface area (Å²) < 4.78 is 15.8. The molecule has 1 saturated heterocycles. The van der Waals surface area contributed by atoms with Gasteiger partial charge in [0, 0.05) is 11.6 Å². The van der Waals surface area contributed by atoms with Crippen LogP contribution in [-0.4, -0.2) is 36.2 Å². The van der Waals surface area contributed by atoms with Crippen LogP contribution < -0.4 is 14.4 Å². The van der Waals surface area contributed by atoms with E-state index in [1.807, 2.05) is 0 Å². The van der Waals surface area contributed by atoms with Gasteiger partial charge in [-0.05, 0) is 24.6 Å². The van der Waals surface area contributed by atoms with Crippen LogP contribution in [0.1, 0.15) is 22.9 Å². The molecule has 4 rings (SSSR count). The van der Waals surface area contributed by atoms with E-state index in [1.54, 1.807) is 61.5 Å². The summed E-state index contributed by atoms with van der Waals surface area (Å²) in [6, 6.07) is 14.2. The smallest absolute Gasteiger partial charge is 0.301 e. The number of carbonyl (C=O) groups excluding carboxylic acids is 2. The van der Waals surface area contributed by atoms with Crippen LogP contribution in [0.3, 0.4) is 0 Å². The van der Waals surface area contributed by atoms with Crippen molar-refractivity contribution in [1.29, 1.82) is 0 Å². The maximum Gasteiger partial charge on any atom is 0.301 e. The second-order valence-corrected chi connectivity index (χ2v) is 6.95. The van der Waals surface area contributed by atoms with Crippen LogP contribution >= 0.6 is 0 Å². The Balaban J connectivity index is 1.96. The molecule has 0 saturated carbocycles. The van der Waals surface area contributed by atoms with E-state index in [-0.39, 0.29) is 17.2 Å². The summed E-state index contributed by atoms with van der Waals surface area (Å²) >= 11 is 0. The number of ketones is 1. The normalized spacial score (nSPS) is 17.8. The second-order valence-electron chi connectivity index (χ2n) is 6.95. The van der Waals surface area contributed by atoms with Crippen molar-refractivity contribution in [2.75, 3.05) is 19.1 Å². The van der Waals surface area contributed by atoms with E-state index in [4.69, 9.17) is 14.0 Å². The predicted octanol–water partition coefficient (Wildman–Crippen LogP) is 3.63. The molecule has 1 aliphatic heterocycles. The third-order valence-corrected chi connectivity index (χ3v) is 5.08.